The van der Waals surface area contributed by atoms with E-state index in [1.807, 2.05) is 12.1 Å². The molecule has 1 aromatic carbocycles. The van der Waals surface area contributed by atoms with Gasteiger partial charge >= 0.3 is 0 Å². The molecule has 1 unspecified atom stereocenters. The molecule has 3 N–H and O–H groups in total. The Kier molecular flexibility index (Phi) is 3.14. The van der Waals surface area contributed by atoms with Gasteiger partial charge in [0.1, 0.15) is 5.75 Å². The largest absolute Gasteiger partial charge is 0.489 e. The summed E-state index contributed by atoms with van der Waals surface area (Å²) >= 11 is 6.04. The van der Waals surface area contributed by atoms with E-state index in [0.29, 0.717) is 16.9 Å². The zero-order valence-corrected chi connectivity index (χ0v) is 9.07. The average molecular weight is 228 g/mol. The van der Waals surface area contributed by atoms with Crippen LogP contribution >= 0.6 is 11.6 Å². The number of hydrogen-bond acceptors (Lipinski definition) is 3. The number of halogens is 1. The van der Waals surface area contributed by atoms with Crippen LogP contribution in [0, 0.1) is 0 Å². The maximum atomic E-state index is 8.90. The van der Waals surface area contributed by atoms with Crippen molar-refractivity contribution >= 4 is 11.6 Å². The van der Waals surface area contributed by atoms with Crippen LogP contribution in [0.15, 0.2) is 18.2 Å². The zero-order chi connectivity index (χ0) is 10.8. The summed E-state index contributed by atoms with van der Waals surface area (Å²) in [5, 5.41) is 9.46. The smallest absolute Gasteiger partial charge is 0.138 e. The van der Waals surface area contributed by atoms with Crippen molar-refractivity contribution < 1.29 is 9.84 Å². The second-order valence-electron chi connectivity index (χ2n) is 3.80. The van der Waals surface area contributed by atoms with E-state index in [9.17, 15) is 0 Å². The van der Waals surface area contributed by atoms with Crippen LogP contribution in [0.5, 0.6) is 5.75 Å². The predicted molar refractivity (Wildman–Crippen MR) is 59.1 cm³/mol. The van der Waals surface area contributed by atoms with Crippen LogP contribution in [-0.2, 0) is 0 Å². The molecule has 0 aliphatic heterocycles. The molecule has 1 aliphatic carbocycles. The third-order valence-corrected chi connectivity index (χ3v) is 2.69. The summed E-state index contributed by atoms with van der Waals surface area (Å²) in [5.74, 6) is 0.702. The van der Waals surface area contributed by atoms with Gasteiger partial charge in [-0.05, 0) is 30.5 Å². The molecule has 0 heterocycles. The molecule has 1 saturated carbocycles. The van der Waals surface area contributed by atoms with E-state index >= 15 is 0 Å². The fourth-order valence-corrected chi connectivity index (χ4v) is 1.55. The van der Waals surface area contributed by atoms with Crippen LogP contribution < -0.4 is 10.5 Å². The molecule has 0 aromatic heterocycles. The number of benzene rings is 1. The molecule has 15 heavy (non-hydrogen) atoms. The molecule has 1 fully saturated rings. The molecule has 3 nitrogen and oxygen atoms in total. The quantitative estimate of drug-likeness (QED) is 0.826. The van der Waals surface area contributed by atoms with Gasteiger partial charge in [0, 0.05) is 0 Å². The number of aliphatic hydroxyl groups is 1. The summed E-state index contributed by atoms with van der Waals surface area (Å²) in [5.41, 5.74) is 6.50. The van der Waals surface area contributed by atoms with E-state index in [1.165, 1.54) is 0 Å². The SMILES string of the molecule is NC(CO)c1ccc(OC2CC2)c(Cl)c1. The lowest BCUT2D eigenvalue weighted by molar-refractivity contribution is 0.267. The van der Waals surface area contributed by atoms with Crippen molar-refractivity contribution in [1.82, 2.24) is 0 Å². The Morgan fingerprint density at radius 2 is 2.27 bits per heavy atom. The van der Waals surface area contributed by atoms with Crippen LogP contribution in [0.2, 0.25) is 5.02 Å². The minimum Gasteiger partial charge on any atom is -0.489 e. The molecule has 1 aromatic rings. The van der Waals surface area contributed by atoms with Crippen LogP contribution in [0.1, 0.15) is 24.4 Å². The van der Waals surface area contributed by atoms with Gasteiger partial charge in [0.05, 0.1) is 23.8 Å². The van der Waals surface area contributed by atoms with Gasteiger partial charge < -0.3 is 15.6 Å². The van der Waals surface area contributed by atoms with Gasteiger partial charge in [0.2, 0.25) is 0 Å². The molecule has 82 valence electrons. The summed E-state index contributed by atoms with van der Waals surface area (Å²) in [7, 11) is 0. The molecule has 0 amide bonds. The van der Waals surface area contributed by atoms with E-state index in [2.05, 4.69) is 0 Å². The van der Waals surface area contributed by atoms with Gasteiger partial charge in [-0.15, -0.1) is 0 Å². The Hall–Kier alpha value is -0.770. The van der Waals surface area contributed by atoms with E-state index in [1.54, 1.807) is 6.07 Å². The van der Waals surface area contributed by atoms with Gasteiger partial charge in [-0.3, -0.25) is 0 Å². The Morgan fingerprint density at radius 1 is 1.53 bits per heavy atom. The lowest BCUT2D eigenvalue weighted by atomic mass is 10.1. The zero-order valence-electron chi connectivity index (χ0n) is 8.32. The predicted octanol–water partition coefficient (Wildman–Crippen LogP) is 1.87. The topological polar surface area (TPSA) is 55.5 Å². The van der Waals surface area contributed by atoms with Gasteiger partial charge in [0.15, 0.2) is 0 Å². The Bertz CT molecular complexity index is 352. The van der Waals surface area contributed by atoms with Crippen LogP contribution in [0.4, 0.5) is 0 Å². The molecule has 1 aliphatic rings. The molecule has 0 radical (unpaired) electrons. The van der Waals surface area contributed by atoms with Crippen molar-refractivity contribution in [3.63, 3.8) is 0 Å². The molecular formula is C11H14ClNO2. The second-order valence-corrected chi connectivity index (χ2v) is 4.20. The first-order chi connectivity index (χ1) is 7.20. The van der Waals surface area contributed by atoms with Crippen molar-refractivity contribution in [3.8, 4) is 5.75 Å². The monoisotopic (exact) mass is 227 g/mol. The number of aliphatic hydroxyl groups excluding tert-OH is 1. The molecular weight excluding hydrogens is 214 g/mol. The third kappa shape index (κ3) is 2.62. The van der Waals surface area contributed by atoms with Gasteiger partial charge in [0.25, 0.3) is 0 Å². The van der Waals surface area contributed by atoms with E-state index in [0.717, 1.165) is 18.4 Å². The Morgan fingerprint density at radius 3 is 2.80 bits per heavy atom. The lowest BCUT2D eigenvalue weighted by Crippen LogP contribution is -2.14. The fourth-order valence-electron chi connectivity index (χ4n) is 1.31. The van der Waals surface area contributed by atoms with Crippen molar-refractivity contribution in [3.05, 3.63) is 28.8 Å². The second kappa shape index (κ2) is 4.39. The van der Waals surface area contributed by atoms with Crippen molar-refractivity contribution in [1.29, 1.82) is 0 Å². The molecule has 0 bridgehead atoms. The highest BCUT2D eigenvalue weighted by Crippen LogP contribution is 2.33. The van der Waals surface area contributed by atoms with Crippen molar-refractivity contribution in [2.24, 2.45) is 5.73 Å². The van der Waals surface area contributed by atoms with E-state index in [4.69, 9.17) is 27.2 Å². The average Bonchev–Trinajstić information content (AvgIpc) is 3.04. The van der Waals surface area contributed by atoms with Crippen molar-refractivity contribution in [2.75, 3.05) is 6.61 Å². The molecule has 0 saturated heterocycles. The molecule has 4 heteroatoms. The van der Waals surface area contributed by atoms with Crippen LogP contribution in [0.3, 0.4) is 0 Å². The van der Waals surface area contributed by atoms with Crippen molar-refractivity contribution in [2.45, 2.75) is 25.0 Å². The van der Waals surface area contributed by atoms with Crippen LogP contribution in [0.25, 0.3) is 0 Å². The summed E-state index contributed by atoms with van der Waals surface area (Å²) in [6.45, 7) is -0.0842. The molecule has 1 atom stereocenters. The summed E-state index contributed by atoms with van der Waals surface area (Å²) < 4.78 is 5.59. The normalized spacial score (nSPS) is 17.5. The van der Waals surface area contributed by atoms with E-state index in [-0.39, 0.29) is 12.6 Å². The highest BCUT2D eigenvalue weighted by molar-refractivity contribution is 6.32. The highest BCUT2D eigenvalue weighted by atomic mass is 35.5. The van der Waals surface area contributed by atoms with Gasteiger partial charge in [-0.1, -0.05) is 17.7 Å². The fraction of sp³-hybridized carbons (Fsp3) is 0.455. The number of nitrogens with two attached hydrogens (primary N) is 1. The molecule has 0 spiro atoms. The Balaban J connectivity index is 2.13. The molecule has 2 rings (SSSR count). The standard InChI is InChI=1S/C11H14ClNO2/c12-9-5-7(10(13)6-14)1-4-11(9)15-8-2-3-8/h1,4-5,8,10,14H,2-3,6,13H2. The summed E-state index contributed by atoms with van der Waals surface area (Å²) in [6.07, 6.45) is 2.54. The maximum Gasteiger partial charge on any atom is 0.138 e. The first-order valence-electron chi connectivity index (χ1n) is 5.03. The first kappa shape index (κ1) is 10.7. The lowest BCUT2D eigenvalue weighted by Gasteiger charge is -2.11. The highest BCUT2D eigenvalue weighted by Gasteiger charge is 2.24. The van der Waals surface area contributed by atoms with Gasteiger partial charge in [-0.25, -0.2) is 0 Å². The number of rotatable bonds is 4. The summed E-state index contributed by atoms with van der Waals surface area (Å²) in [6, 6.07) is 5.02. The summed E-state index contributed by atoms with van der Waals surface area (Å²) in [4.78, 5) is 0. The number of hydrogen-bond donors (Lipinski definition) is 2. The maximum absolute atomic E-state index is 8.90. The first-order valence-corrected chi connectivity index (χ1v) is 5.41. The minimum absolute atomic E-state index is 0.0842. The third-order valence-electron chi connectivity index (χ3n) is 2.40. The number of ether oxygens (including phenoxy) is 1. The Labute approximate surface area is 93.8 Å². The van der Waals surface area contributed by atoms with Gasteiger partial charge in [-0.2, -0.15) is 0 Å². The van der Waals surface area contributed by atoms with Crippen LogP contribution in [-0.4, -0.2) is 17.8 Å². The minimum atomic E-state index is -0.377. The van der Waals surface area contributed by atoms with E-state index < -0.39 is 0 Å².